The molecule has 1 heterocycles. The van der Waals surface area contributed by atoms with Gasteiger partial charge in [0.25, 0.3) is 11.8 Å². The van der Waals surface area contributed by atoms with Gasteiger partial charge in [-0.1, -0.05) is 38.8 Å². The van der Waals surface area contributed by atoms with Crippen molar-refractivity contribution in [2.75, 3.05) is 13.1 Å². The van der Waals surface area contributed by atoms with Crippen LogP contribution in [0.1, 0.15) is 60.2 Å². The van der Waals surface area contributed by atoms with Gasteiger partial charge in [-0.3, -0.25) is 14.5 Å². The molecule has 0 aromatic heterocycles. The number of benzene rings is 1. The van der Waals surface area contributed by atoms with Crippen LogP contribution in [0.4, 0.5) is 0 Å². The van der Waals surface area contributed by atoms with E-state index < -0.39 is 0 Å². The van der Waals surface area contributed by atoms with E-state index in [0.717, 1.165) is 32.2 Å². The van der Waals surface area contributed by atoms with Gasteiger partial charge in [0.15, 0.2) is 0 Å². The fourth-order valence-corrected chi connectivity index (χ4v) is 2.58. The molecule has 0 bridgehead atoms. The van der Waals surface area contributed by atoms with E-state index in [1.165, 1.54) is 4.90 Å². The predicted molar refractivity (Wildman–Crippen MR) is 83.4 cm³/mol. The Morgan fingerprint density at radius 1 is 0.952 bits per heavy atom. The minimum Gasteiger partial charge on any atom is -0.315 e. The van der Waals surface area contributed by atoms with E-state index in [4.69, 9.17) is 0 Å². The molecule has 1 aromatic rings. The molecule has 0 spiro atoms. The van der Waals surface area contributed by atoms with Crippen molar-refractivity contribution in [1.29, 1.82) is 0 Å². The molecular formula is C17H24N2O2. The van der Waals surface area contributed by atoms with E-state index in [1.54, 1.807) is 24.3 Å². The van der Waals surface area contributed by atoms with Gasteiger partial charge in [0.05, 0.1) is 11.1 Å². The Kier molecular flexibility index (Phi) is 5.51. The first kappa shape index (κ1) is 15.7. The van der Waals surface area contributed by atoms with Crippen molar-refractivity contribution in [1.82, 2.24) is 10.2 Å². The van der Waals surface area contributed by atoms with E-state index in [1.807, 2.05) is 0 Å². The molecule has 1 aliphatic rings. The molecular weight excluding hydrogens is 264 g/mol. The van der Waals surface area contributed by atoms with Gasteiger partial charge >= 0.3 is 0 Å². The summed E-state index contributed by atoms with van der Waals surface area (Å²) in [4.78, 5) is 25.7. The molecule has 1 N–H and O–H groups in total. The molecule has 114 valence electrons. The van der Waals surface area contributed by atoms with E-state index >= 15 is 0 Å². The van der Waals surface area contributed by atoms with Gasteiger partial charge in [-0.05, 0) is 31.5 Å². The number of amides is 2. The maximum absolute atomic E-state index is 12.1. The highest BCUT2D eigenvalue weighted by Gasteiger charge is 2.34. The number of rotatable bonds is 8. The SMILES string of the molecule is CC(C)NCCCCCCN1C(=O)c2ccccc2C1=O. The van der Waals surface area contributed by atoms with Crippen molar-refractivity contribution in [3.63, 3.8) is 0 Å². The standard InChI is InChI=1S/C17H24N2O2/c1-13(2)18-11-7-3-4-8-12-19-16(20)14-9-5-6-10-15(14)17(19)21/h5-6,9-10,13,18H,3-4,7-8,11-12H2,1-2H3. The van der Waals surface area contributed by atoms with Crippen LogP contribution in [0.25, 0.3) is 0 Å². The van der Waals surface area contributed by atoms with Gasteiger partial charge in [-0.2, -0.15) is 0 Å². The van der Waals surface area contributed by atoms with Gasteiger partial charge in [-0.15, -0.1) is 0 Å². The number of imide groups is 1. The van der Waals surface area contributed by atoms with Crippen molar-refractivity contribution in [3.05, 3.63) is 35.4 Å². The highest BCUT2D eigenvalue weighted by atomic mass is 16.2. The number of nitrogens with one attached hydrogen (secondary N) is 1. The summed E-state index contributed by atoms with van der Waals surface area (Å²) in [5, 5.41) is 3.38. The summed E-state index contributed by atoms with van der Waals surface area (Å²) < 4.78 is 0. The van der Waals surface area contributed by atoms with E-state index in [9.17, 15) is 9.59 Å². The molecule has 1 aromatic carbocycles. The second-order valence-corrected chi connectivity index (χ2v) is 5.83. The third-order valence-electron chi connectivity index (χ3n) is 3.74. The van der Waals surface area contributed by atoms with Crippen LogP contribution in [0.3, 0.4) is 0 Å². The molecule has 0 unspecified atom stereocenters. The quantitative estimate of drug-likeness (QED) is 0.591. The Hall–Kier alpha value is -1.68. The lowest BCUT2D eigenvalue weighted by Crippen LogP contribution is -2.30. The van der Waals surface area contributed by atoms with E-state index in [-0.39, 0.29) is 11.8 Å². The molecule has 0 radical (unpaired) electrons. The Bertz CT molecular complexity index is 476. The second kappa shape index (κ2) is 7.36. The van der Waals surface area contributed by atoms with Crippen LogP contribution in [0.15, 0.2) is 24.3 Å². The largest absolute Gasteiger partial charge is 0.315 e. The first-order chi connectivity index (χ1) is 10.1. The summed E-state index contributed by atoms with van der Waals surface area (Å²) in [5.74, 6) is -0.283. The zero-order valence-electron chi connectivity index (χ0n) is 12.9. The molecule has 2 amide bonds. The summed E-state index contributed by atoms with van der Waals surface area (Å²) in [6, 6.07) is 7.59. The van der Waals surface area contributed by atoms with Gasteiger partial charge in [0.1, 0.15) is 0 Å². The van der Waals surface area contributed by atoms with Crippen LogP contribution in [-0.2, 0) is 0 Å². The van der Waals surface area contributed by atoms with Gasteiger partial charge in [0, 0.05) is 12.6 Å². The second-order valence-electron chi connectivity index (χ2n) is 5.83. The zero-order valence-corrected chi connectivity index (χ0v) is 12.9. The number of hydrogen-bond acceptors (Lipinski definition) is 3. The number of nitrogens with zero attached hydrogens (tertiary/aromatic N) is 1. The lowest BCUT2D eigenvalue weighted by Gasteiger charge is -2.13. The molecule has 0 saturated heterocycles. The first-order valence-electron chi connectivity index (χ1n) is 7.80. The molecule has 1 aliphatic heterocycles. The Labute approximate surface area is 126 Å². The Morgan fingerprint density at radius 2 is 1.52 bits per heavy atom. The molecule has 0 saturated carbocycles. The number of unbranched alkanes of at least 4 members (excludes halogenated alkanes) is 3. The number of carbonyl (C=O) groups excluding carboxylic acids is 2. The van der Waals surface area contributed by atoms with Crippen LogP contribution < -0.4 is 5.32 Å². The zero-order chi connectivity index (χ0) is 15.2. The lowest BCUT2D eigenvalue weighted by molar-refractivity contribution is 0.0651. The fourth-order valence-electron chi connectivity index (χ4n) is 2.58. The number of hydrogen-bond donors (Lipinski definition) is 1. The summed E-state index contributed by atoms with van der Waals surface area (Å²) in [6.07, 6.45) is 4.20. The molecule has 21 heavy (non-hydrogen) atoms. The minimum absolute atomic E-state index is 0.142. The topological polar surface area (TPSA) is 49.4 Å². The monoisotopic (exact) mass is 288 g/mol. The summed E-state index contributed by atoms with van der Waals surface area (Å²) in [6.45, 7) is 5.85. The normalized spacial score (nSPS) is 14.1. The Balaban J connectivity index is 1.71. The molecule has 4 heteroatoms. The average molecular weight is 288 g/mol. The number of fused-ring (bicyclic) bond motifs is 1. The van der Waals surface area contributed by atoms with Crippen LogP contribution in [-0.4, -0.2) is 35.8 Å². The number of carbonyl (C=O) groups is 2. The molecule has 2 rings (SSSR count). The third-order valence-corrected chi connectivity index (χ3v) is 3.74. The van der Waals surface area contributed by atoms with Gasteiger partial charge in [0.2, 0.25) is 0 Å². The van der Waals surface area contributed by atoms with E-state index in [0.29, 0.717) is 23.7 Å². The summed E-state index contributed by atoms with van der Waals surface area (Å²) in [7, 11) is 0. The van der Waals surface area contributed by atoms with E-state index in [2.05, 4.69) is 19.2 Å². The third kappa shape index (κ3) is 3.91. The highest BCUT2D eigenvalue weighted by Crippen LogP contribution is 2.22. The smallest absolute Gasteiger partial charge is 0.261 e. The maximum atomic E-state index is 12.1. The highest BCUT2D eigenvalue weighted by molar-refractivity contribution is 6.21. The van der Waals surface area contributed by atoms with Crippen molar-refractivity contribution in [2.24, 2.45) is 0 Å². The Morgan fingerprint density at radius 3 is 2.10 bits per heavy atom. The van der Waals surface area contributed by atoms with Crippen LogP contribution in [0, 0.1) is 0 Å². The summed E-state index contributed by atoms with van der Waals surface area (Å²) >= 11 is 0. The molecule has 4 nitrogen and oxygen atoms in total. The van der Waals surface area contributed by atoms with Crippen molar-refractivity contribution in [2.45, 2.75) is 45.6 Å². The predicted octanol–water partition coefficient (Wildman–Crippen LogP) is 2.84. The molecule has 0 atom stereocenters. The van der Waals surface area contributed by atoms with Crippen molar-refractivity contribution >= 4 is 11.8 Å². The maximum Gasteiger partial charge on any atom is 0.261 e. The minimum atomic E-state index is -0.142. The van der Waals surface area contributed by atoms with Gasteiger partial charge in [-0.25, -0.2) is 0 Å². The van der Waals surface area contributed by atoms with Crippen molar-refractivity contribution < 1.29 is 9.59 Å². The fraction of sp³-hybridized carbons (Fsp3) is 0.529. The lowest BCUT2D eigenvalue weighted by atomic mass is 10.1. The summed E-state index contributed by atoms with van der Waals surface area (Å²) in [5.41, 5.74) is 1.09. The van der Waals surface area contributed by atoms with Crippen LogP contribution in [0.5, 0.6) is 0 Å². The first-order valence-corrected chi connectivity index (χ1v) is 7.80. The van der Waals surface area contributed by atoms with Crippen LogP contribution >= 0.6 is 0 Å². The molecule has 0 aliphatic carbocycles. The molecule has 0 fully saturated rings. The van der Waals surface area contributed by atoms with Crippen LogP contribution in [0.2, 0.25) is 0 Å². The van der Waals surface area contributed by atoms with Crippen molar-refractivity contribution in [3.8, 4) is 0 Å². The average Bonchev–Trinajstić information content (AvgIpc) is 2.71. The van der Waals surface area contributed by atoms with Gasteiger partial charge < -0.3 is 5.32 Å².